The highest BCUT2D eigenvalue weighted by atomic mass is 32.2. The summed E-state index contributed by atoms with van der Waals surface area (Å²) in [5.41, 5.74) is 6.07. The van der Waals surface area contributed by atoms with Crippen molar-refractivity contribution < 1.29 is 13.2 Å². The lowest BCUT2D eigenvalue weighted by molar-refractivity contribution is 0.173. The standard InChI is InChI=1S/C11H23NO3S/c1-9(6-7-15-2)11(12)10-5-3-4-8-16(10,13)14/h9-11H,3-8,12H2,1-2H3. The van der Waals surface area contributed by atoms with Gasteiger partial charge in [0.2, 0.25) is 0 Å². The molecule has 3 atom stereocenters. The molecule has 1 aliphatic rings. The second kappa shape index (κ2) is 5.98. The predicted octanol–water partition coefficient (Wildman–Crippen LogP) is 0.954. The van der Waals surface area contributed by atoms with Gasteiger partial charge in [0.05, 0.1) is 11.0 Å². The van der Waals surface area contributed by atoms with E-state index in [2.05, 4.69) is 0 Å². The molecule has 0 radical (unpaired) electrons. The molecule has 0 bridgehead atoms. The fraction of sp³-hybridized carbons (Fsp3) is 1.00. The molecule has 5 heteroatoms. The van der Waals surface area contributed by atoms with Crippen molar-refractivity contribution in [2.24, 2.45) is 11.7 Å². The van der Waals surface area contributed by atoms with Gasteiger partial charge in [-0.2, -0.15) is 0 Å². The topological polar surface area (TPSA) is 69.4 Å². The Labute approximate surface area is 98.5 Å². The monoisotopic (exact) mass is 249 g/mol. The van der Waals surface area contributed by atoms with Crippen LogP contribution in [0.2, 0.25) is 0 Å². The van der Waals surface area contributed by atoms with Crippen LogP contribution in [0.15, 0.2) is 0 Å². The molecular weight excluding hydrogens is 226 g/mol. The number of sulfone groups is 1. The summed E-state index contributed by atoms with van der Waals surface area (Å²) in [7, 11) is -1.31. The predicted molar refractivity (Wildman–Crippen MR) is 65.1 cm³/mol. The Morgan fingerprint density at radius 1 is 1.44 bits per heavy atom. The van der Waals surface area contributed by atoms with E-state index in [1.165, 1.54) is 0 Å². The molecule has 1 heterocycles. The van der Waals surface area contributed by atoms with Crippen molar-refractivity contribution in [3.05, 3.63) is 0 Å². The minimum atomic E-state index is -2.96. The van der Waals surface area contributed by atoms with Gasteiger partial charge in [0.15, 0.2) is 9.84 Å². The van der Waals surface area contributed by atoms with Gasteiger partial charge >= 0.3 is 0 Å². The normalized spacial score (nSPS) is 28.6. The SMILES string of the molecule is COCCC(C)C(N)C1CCCCS1(=O)=O. The minimum absolute atomic E-state index is 0.192. The first-order valence-corrected chi connectivity index (χ1v) is 7.66. The molecule has 0 aliphatic carbocycles. The van der Waals surface area contributed by atoms with Crippen LogP contribution >= 0.6 is 0 Å². The molecule has 3 unspecified atom stereocenters. The molecular formula is C11H23NO3S. The lowest BCUT2D eigenvalue weighted by Crippen LogP contribution is -2.47. The summed E-state index contributed by atoms with van der Waals surface area (Å²) in [6, 6.07) is -0.250. The van der Waals surface area contributed by atoms with Gasteiger partial charge in [-0.1, -0.05) is 13.3 Å². The van der Waals surface area contributed by atoms with Crippen molar-refractivity contribution in [1.82, 2.24) is 0 Å². The molecule has 0 aromatic carbocycles. The van der Waals surface area contributed by atoms with Crippen LogP contribution in [0.3, 0.4) is 0 Å². The van der Waals surface area contributed by atoms with Crippen LogP contribution in [-0.2, 0) is 14.6 Å². The third kappa shape index (κ3) is 3.43. The molecule has 1 rings (SSSR count). The Bertz CT molecular complexity index is 302. The van der Waals surface area contributed by atoms with E-state index in [0.717, 1.165) is 25.7 Å². The Kier molecular flexibility index (Phi) is 5.21. The van der Waals surface area contributed by atoms with E-state index in [1.54, 1.807) is 7.11 Å². The molecule has 0 spiro atoms. The van der Waals surface area contributed by atoms with E-state index < -0.39 is 9.84 Å². The molecule has 0 aromatic rings. The second-order valence-corrected chi connectivity index (χ2v) is 7.08. The van der Waals surface area contributed by atoms with Crippen molar-refractivity contribution in [3.63, 3.8) is 0 Å². The first kappa shape index (κ1) is 13.9. The molecule has 1 fully saturated rings. The lowest BCUT2D eigenvalue weighted by Gasteiger charge is -2.31. The second-order valence-electron chi connectivity index (χ2n) is 4.74. The molecule has 1 saturated heterocycles. The zero-order valence-electron chi connectivity index (χ0n) is 10.2. The maximum Gasteiger partial charge on any atom is 0.154 e. The highest BCUT2D eigenvalue weighted by molar-refractivity contribution is 7.92. The van der Waals surface area contributed by atoms with E-state index in [0.29, 0.717) is 12.4 Å². The number of methoxy groups -OCH3 is 1. The molecule has 1 aliphatic heterocycles. The molecule has 2 N–H and O–H groups in total. The summed E-state index contributed by atoms with van der Waals surface area (Å²) >= 11 is 0. The quantitative estimate of drug-likeness (QED) is 0.787. The van der Waals surface area contributed by atoms with Crippen molar-refractivity contribution >= 4 is 9.84 Å². The van der Waals surface area contributed by atoms with Gasteiger partial charge in [0, 0.05) is 19.8 Å². The summed E-state index contributed by atoms with van der Waals surface area (Å²) in [5.74, 6) is 0.500. The van der Waals surface area contributed by atoms with E-state index in [1.807, 2.05) is 6.92 Å². The van der Waals surface area contributed by atoms with Gasteiger partial charge < -0.3 is 10.5 Å². The van der Waals surface area contributed by atoms with Crippen LogP contribution in [0.1, 0.15) is 32.6 Å². The van der Waals surface area contributed by atoms with Crippen LogP contribution in [-0.4, -0.2) is 39.2 Å². The zero-order valence-corrected chi connectivity index (χ0v) is 11.0. The number of hydrogen-bond donors (Lipinski definition) is 1. The summed E-state index contributed by atoms with van der Waals surface area (Å²) in [6.45, 7) is 2.65. The number of ether oxygens (including phenoxy) is 1. The van der Waals surface area contributed by atoms with Gasteiger partial charge in [-0.3, -0.25) is 0 Å². The van der Waals surface area contributed by atoms with Gasteiger partial charge in [-0.15, -0.1) is 0 Å². The van der Waals surface area contributed by atoms with Gasteiger partial charge in [-0.05, 0) is 25.2 Å². The van der Waals surface area contributed by atoms with Gasteiger partial charge in [0.1, 0.15) is 0 Å². The first-order chi connectivity index (χ1) is 7.49. The zero-order chi connectivity index (χ0) is 12.2. The van der Waals surface area contributed by atoms with E-state index in [4.69, 9.17) is 10.5 Å². The van der Waals surface area contributed by atoms with E-state index >= 15 is 0 Å². The van der Waals surface area contributed by atoms with Crippen molar-refractivity contribution in [2.75, 3.05) is 19.5 Å². The largest absolute Gasteiger partial charge is 0.385 e. The fourth-order valence-electron chi connectivity index (χ4n) is 2.27. The minimum Gasteiger partial charge on any atom is -0.385 e. The molecule has 96 valence electrons. The van der Waals surface area contributed by atoms with Crippen LogP contribution in [0.4, 0.5) is 0 Å². The van der Waals surface area contributed by atoms with E-state index in [9.17, 15) is 8.42 Å². The van der Waals surface area contributed by atoms with Crippen molar-refractivity contribution in [1.29, 1.82) is 0 Å². The Morgan fingerprint density at radius 2 is 2.12 bits per heavy atom. The van der Waals surface area contributed by atoms with Crippen molar-refractivity contribution in [3.8, 4) is 0 Å². The van der Waals surface area contributed by atoms with Crippen LogP contribution in [0.25, 0.3) is 0 Å². The summed E-state index contributed by atoms with van der Waals surface area (Å²) in [4.78, 5) is 0. The van der Waals surface area contributed by atoms with Gasteiger partial charge in [-0.25, -0.2) is 8.42 Å². The van der Waals surface area contributed by atoms with Crippen LogP contribution < -0.4 is 5.73 Å². The Morgan fingerprint density at radius 3 is 2.69 bits per heavy atom. The highest BCUT2D eigenvalue weighted by Gasteiger charge is 2.35. The third-order valence-electron chi connectivity index (χ3n) is 3.49. The molecule has 16 heavy (non-hydrogen) atoms. The maximum absolute atomic E-state index is 11.9. The first-order valence-electron chi connectivity index (χ1n) is 5.95. The lowest BCUT2D eigenvalue weighted by atomic mass is 9.94. The average molecular weight is 249 g/mol. The maximum atomic E-state index is 11.9. The summed E-state index contributed by atoms with van der Waals surface area (Å²) in [5, 5.41) is -0.340. The summed E-state index contributed by atoms with van der Waals surface area (Å²) in [6.07, 6.45) is 3.32. The molecule has 0 aromatic heterocycles. The molecule has 0 amide bonds. The summed E-state index contributed by atoms with van der Waals surface area (Å²) < 4.78 is 28.8. The number of hydrogen-bond acceptors (Lipinski definition) is 4. The highest BCUT2D eigenvalue weighted by Crippen LogP contribution is 2.25. The van der Waals surface area contributed by atoms with Crippen LogP contribution in [0, 0.1) is 5.92 Å². The van der Waals surface area contributed by atoms with E-state index in [-0.39, 0.29) is 17.2 Å². The fourth-order valence-corrected chi connectivity index (χ4v) is 4.46. The smallest absolute Gasteiger partial charge is 0.154 e. The third-order valence-corrected chi connectivity index (χ3v) is 5.82. The Balaban J connectivity index is 2.60. The Hall–Kier alpha value is -0.130. The molecule has 0 saturated carbocycles. The number of rotatable bonds is 5. The van der Waals surface area contributed by atoms with Crippen LogP contribution in [0.5, 0.6) is 0 Å². The molecule has 4 nitrogen and oxygen atoms in total. The van der Waals surface area contributed by atoms with Gasteiger partial charge in [0.25, 0.3) is 0 Å². The number of nitrogens with two attached hydrogens (primary N) is 1. The average Bonchev–Trinajstić information content (AvgIpc) is 2.24. The van der Waals surface area contributed by atoms with Crippen molar-refractivity contribution in [2.45, 2.75) is 43.9 Å².